The Morgan fingerprint density at radius 1 is 1.38 bits per heavy atom. The average Bonchev–Trinajstić information content (AvgIpc) is 3.00. The van der Waals surface area contributed by atoms with Crippen LogP contribution >= 0.6 is 11.3 Å². The van der Waals surface area contributed by atoms with Gasteiger partial charge in [-0.05, 0) is 29.6 Å². The van der Waals surface area contributed by atoms with Crippen molar-refractivity contribution in [3.8, 4) is 5.75 Å². The largest absolute Gasteiger partial charge is 0.495 e. The van der Waals surface area contributed by atoms with Crippen LogP contribution < -0.4 is 15.8 Å². The standard InChI is InChI=1S/C16H20N2O2S/c1-16(2,14-5-4-8-21-14)10-18-15(19)11-6-7-12(17)13(9-11)20-3/h4-9H,10,17H2,1-3H3,(H,18,19). The summed E-state index contributed by atoms with van der Waals surface area (Å²) in [6.07, 6.45) is 0. The Bertz CT molecular complexity index is 621. The fourth-order valence-corrected chi connectivity index (χ4v) is 2.86. The lowest BCUT2D eigenvalue weighted by atomic mass is 9.91. The van der Waals surface area contributed by atoms with Gasteiger partial charge in [0.05, 0.1) is 12.8 Å². The molecular formula is C16H20N2O2S. The Morgan fingerprint density at radius 3 is 2.76 bits per heavy atom. The summed E-state index contributed by atoms with van der Waals surface area (Å²) in [5, 5.41) is 5.02. The van der Waals surface area contributed by atoms with Gasteiger partial charge in [-0.1, -0.05) is 19.9 Å². The van der Waals surface area contributed by atoms with Crippen molar-refractivity contribution < 1.29 is 9.53 Å². The molecule has 112 valence electrons. The minimum absolute atomic E-state index is 0.0955. The van der Waals surface area contributed by atoms with Crippen LogP contribution in [0.3, 0.4) is 0 Å². The summed E-state index contributed by atoms with van der Waals surface area (Å²) >= 11 is 1.70. The van der Waals surface area contributed by atoms with Crippen LogP contribution in [-0.2, 0) is 5.41 Å². The van der Waals surface area contributed by atoms with E-state index < -0.39 is 0 Å². The van der Waals surface area contributed by atoms with Gasteiger partial charge in [-0.15, -0.1) is 11.3 Å². The van der Waals surface area contributed by atoms with Gasteiger partial charge in [0.25, 0.3) is 5.91 Å². The number of hydrogen-bond donors (Lipinski definition) is 2. The van der Waals surface area contributed by atoms with Crippen molar-refractivity contribution >= 4 is 22.9 Å². The van der Waals surface area contributed by atoms with Gasteiger partial charge in [-0.25, -0.2) is 0 Å². The molecule has 4 nitrogen and oxygen atoms in total. The van der Waals surface area contributed by atoms with E-state index in [1.165, 1.54) is 12.0 Å². The molecule has 1 heterocycles. The van der Waals surface area contributed by atoms with Gasteiger partial charge in [-0.2, -0.15) is 0 Å². The van der Waals surface area contributed by atoms with Crippen molar-refractivity contribution in [2.75, 3.05) is 19.4 Å². The molecule has 3 N–H and O–H groups in total. The summed E-state index contributed by atoms with van der Waals surface area (Å²) in [6.45, 7) is 4.80. The van der Waals surface area contributed by atoms with Crippen molar-refractivity contribution in [1.29, 1.82) is 0 Å². The molecule has 0 atom stereocenters. The molecule has 1 aromatic carbocycles. The van der Waals surface area contributed by atoms with Crippen LogP contribution in [0.15, 0.2) is 35.7 Å². The molecule has 1 aromatic heterocycles. The summed E-state index contributed by atoms with van der Waals surface area (Å²) in [5.74, 6) is 0.387. The van der Waals surface area contributed by atoms with Crippen LogP contribution in [-0.4, -0.2) is 19.6 Å². The third-order valence-electron chi connectivity index (χ3n) is 3.37. The SMILES string of the molecule is COc1cc(C(=O)NCC(C)(C)c2cccs2)ccc1N. The normalized spacial score (nSPS) is 11.2. The number of methoxy groups -OCH3 is 1. The Kier molecular flexibility index (Phi) is 4.53. The summed E-state index contributed by atoms with van der Waals surface area (Å²) in [6, 6.07) is 9.14. The molecule has 0 spiro atoms. The highest BCUT2D eigenvalue weighted by Crippen LogP contribution is 2.27. The lowest BCUT2D eigenvalue weighted by Gasteiger charge is -2.23. The molecule has 0 bridgehead atoms. The highest BCUT2D eigenvalue weighted by molar-refractivity contribution is 7.10. The molecule has 21 heavy (non-hydrogen) atoms. The van der Waals surface area contributed by atoms with E-state index in [0.29, 0.717) is 23.5 Å². The molecule has 2 aromatic rings. The van der Waals surface area contributed by atoms with Gasteiger partial charge in [0.1, 0.15) is 5.75 Å². The Labute approximate surface area is 128 Å². The number of hydrogen-bond acceptors (Lipinski definition) is 4. The summed E-state index contributed by atoms with van der Waals surface area (Å²) in [5.41, 5.74) is 6.72. The van der Waals surface area contributed by atoms with E-state index in [1.54, 1.807) is 29.5 Å². The Hall–Kier alpha value is -2.01. The first-order valence-corrected chi connectivity index (χ1v) is 7.58. The third-order valence-corrected chi connectivity index (χ3v) is 4.61. The van der Waals surface area contributed by atoms with Crippen molar-refractivity contribution in [3.05, 3.63) is 46.2 Å². The third kappa shape index (κ3) is 3.55. The van der Waals surface area contributed by atoms with E-state index in [9.17, 15) is 4.79 Å². The second-order valence-corrected chi connectivity index (χ2v) is 6.45. The molecular weight excluding hydrogens is 284 g/mol. The molecule has 0 radical (unpaired) electrons. The predicted octanol–water partition coefficient (Wildman–Crippen LogP) is 3.05. The number of nitrogens with two attached hydrogens (primary N) is 1. The summed E-state index contributed by atoms with van der Waals surface area (Å²) in [7, 11) is 1.54. The zero-order chi connectivity index (χ0) is 15.5. The number of benzene rings is 1. The quantitative estimate of drug-likeness (QED) is 0.835. The van der Waals surface area contributed by atoms with E-state index in [2.05, 4.69) is 25.2 Å². The van der Waals surface area contributed by atoms with Crippen molar-refractivity contribution in [2.24, 2.45) is 0 Å². The smallest absolute Gasteiger partial charge is 0.251 e. The molecule has 0 unspecified atom stereocenters. The molecule has 0 saturated carbocycles. The lowest BCUT2D eigenvalue weighted by Crippen LogP contribution is -2.36. The number of amides is 1. The van der Waals surface area contributed by atoms with Crippen molar-refractivity contribution in [2.45, 2.75) is 19.3 Å². The van der Waals surface area contributed by atoms with Crippen molar-refractivity contribution in [3.63, 3.8) is 0 Å². The maximum absolute atomic E-state index is 12.2. The van der Waals surface area contributed by atoms with E-state index in [1.807, 2.05) is 11.4 Å². The topological polar surface area (TPSA) is 64.3 Å². The monoisotopic (exact) mass is 304 g/mol. The van der Waals surface area contributed by atoms with Crippen LogP contribution in [0, 0.1) is 0 Å². The first kappa shape index (κ1) is 15.4. The number of ether oxygens (including phenoxy) is 1. The molecule has 0 aliphatic heterocycles. The highest BCUT2D eigenvalue weighted by atomic mass is 32.1. The number of carbonyl (C=O) groups is 1. The van der Waals surface area contributed by atoms with Crippen molar-refractivity contribution in [1.82, 2.24) is 5.32 Å². The van der Waals surface area contributed by atoms with Crippen LogP contribution in [0.5, 0.6) is 5.75 Å². The number of anilines is 1. The van der Waals surface area contributed by atoms with Crippen LogP contribution in [0.1, 0.15) is 29.1 Å². The summed E-state index contributed by atoms with van der Waals surface area (Å²) < 4.78 is 5.14. The first-order valence-electron chi connectivity index (χ1n) is 6.70. The summed E-state index contributed by atoms with van der Waals surface area (Å²) in [4.78, 5) is 13.5. The fourth-order valence-electron chi connectivity index (χ4n) is 2.01. The molecule has 2 rings (SSSR count). The molecule has 0 aliphatic carbocycles. The number of nitrogen functional groups attached to an aromatic ring is 1. The van der Waals surface area contributed by atoms with Gasteiger partial charge in [0.15, 0.2) is 0 Å². The number of nitrogens with one attached hydrogen (secondary N) is 1. The van der Waals surface area contributed by atoms with E-state index in [-0.39, 0.29) is 11.3 Å². The molecule has 0 saturated heterocycles. The van der Waals surface area contributed by atoms with Gasteiger partial charge in [0.2, 0.25) is 0 Å². The van der Waals surface area contributed by atoms with Crippen LogP contribution in [0.2, 0.25) is 0 Å². The molecule has 0 aliphatic rings. The van der Waals surface area contributed by atoms with Crippen LogP contribution in [0.25, 0.3) is 0 Å². The zero-order valence-corrected chi connectivity index (χ0v) is 13.3. The Morgan fingerprint density at radius 2 is 2.14 bits per heavy atom. The zero-order valence-electron chi connectivity index (χ0n) is 12.5. The number of thiophene rings is 1. The fraction of sp³-hybridized carbons (Fsp3) is 0.312. The van der Waals surface area contributed by atoms with Gasteiger partial charge in [0, 0.05) is 22.4 Å². The van der Waals surface area contributed by atoms with Gasteiger partial charge in [-0.3, -0.25) is 4.79 Å². The minimum Gasteiger partial charge on any atom is -0.495 e. The molecule has 0 fully saturated rings. The maximum atomic E-state index is 12.2. The van der Waals surface area contributed by atoms with E-state index in [0.717, 1.165) is 0 Å². The minimum atomic E-state index is -0.127. The lowest BCUT2D eigenvalue weighted by molar-refractivity contribution is 0.0945. The van der Waals surface area contributed by atoms with Gasteiger partial charge < -0.3 is 15.8 Å². The second kappa shape index (κ2) is 6.18. The maximum Gasteiger partial charge on any atom is 0.251 e. The number of carbonyl (C=O) groups excluding carboxylic acids is 1. The molecule has 5 heteroatoms. The predicted molar refractivity (Wildman–Crippen MR) is 87.1 cm³/mol. The number of rotatable bonds is 5. The van der Waals surface area contributed by atoms with E-state index in [4.69, 9.17) is 10.5 Å². The highest BCUT2D eigenvalue weighted by Gasteiger charge is 2.22. The van der Waals surface area contributed by atoms with E-state index >= 15 is 0 Å². The van der Waals surface area contributed by atoms with Gasteiger partial charge >= 0.3 is 0 Å². The molecule has 1 amide bonds. The average molecular weight is 304 g/mol. The second-order valence-electron chi connectivity index (χ2n) is 5.50. The first-order chi connectivity index (χ1) is 9.94. The van der Waals surface area contributed by atoms with Crippen LogP contribution in [0.4, 0.5) is 5.69 Å². The Balaban J connectivity index is 2.05.